The smallest absolute Gasteiger partial charge is 0.0398 e. The van der Waals surface area contributed by atoms with E-state index in [0.717, 1.165) is 0 Å². The normalized spacial score (nSPS) is 8.83. The van der Waals surface area contributed by atoms with E-state index in [1.165, 1.54) is 102 Å². The first-order chi connectivity index (χ1) is 14.6. The van der Waals surface area contributed by atoms with Crippen molar-refractivity contribution in [3.63, 3.8) is 0 Å². The van der Waals surface area contributed by atoms with E-state index >= 15 is 0 Å². The Morgan fingerprint density at radius 2 is 0.600 bits per heavy atom. The molecule has 0 aliphatic carbocycles. The molecule has 0 atom stereocenters. The monoisotopic (exact) mass is 422 g/mol. The molecule has 0 unspecified atom stereocenters. The van der Waals surface area contributed by atoms with E-state index < -0.39 is 0 Å². The standard InChI is InChI=1S/C7H8.3C6H14.C5H12/c1-7-5-3-2-4-6-7;3*1-3-5-6-4-2;1-3-5-4-2/h2-6H,1H3;3*3-6H2,1-2H3;3-5H2,1-2H3. The molecule has 0 radical (unpaired) electrons. The van der Waals surface area contributed by atoms with Crippen LogP contribution in [0.2, 0.25) is 0 Å². The molecule has 0 N–H and O–H groups in total. The molecule has 0 aromatic heterocycles. The number of unbranched alkanes of at least 4 members (excludes halogenated alkanes) is 11. The summed E-state index contributed by atoms with van der Waals surface area (Å²) in [5.41, 5.74) is 1.32. The van der Waals surface area contributed by atoms with Gasteiger partial charge in [0.1, 0.15) is 0 Å². The molecule has 0 saturated carbocycles. The highest BCUT2D eigenvalue weighted by atomic mass is 13.8. The van der Waals surface area contributed by atoms with Crippen LogP contribution in [-0.2, 0) is 0 Å². The van der Waals surface area contributed by atoms with Crippen molar-refractivity contribution in [3.8, 4) is 0 Å². The molecule has 0 heteroatoms. The highest BCUT2D eigenvalue weighted by Gasteiger charge is 1.76. The van der Waals surface area contributed by atoms with Crippen LogP contribution in [-0.4, -0.2) is 0 Å². The van der Waals surface area contributed by atoms with Crippen molar-refractivity contribution in [2.24, 2.45) is 0 Å². The molecule has 30 heavy (non-hydrogen) atoms. The van der Waals surface area contributed by atoms with Gasteiger partial charge >= 0.3 is 0 Å². The lowest BCUT2D eigenvalue weighted by Gasteiger charge is -1.86. The lowest BCUT2D eigenvalue weighted by atomic mass is 10.2. The van der Waals surface area contributed by atoms with Gasteiger partial charge in [-0.1, -0.05) is 188 Å². The van der Waals surface area contributed by atoms with Gasteiger partial charge in [0.2, 0.25) is 0 Å². The Hall–Kier alpha value is -0.780. The summed E-state index contributed by atoms with van der Waals surface area (Å²) in [5, 5.41) is 0. The van der Waals surface area contributed by atoms with Crippen molar-refractivity contribution >= 4 is 0 Å². The fourth-order valence-corrected chi connectivity index (χ4v) is 2.39. The van der Waals surface area contributed by atoms with E-state index in [1.807, 2.05) is 18.2 Å². The first kappa shape index (κ1) is 36.6. The highest BCUT2D eigenvalue weighted by molar-refractivity contribution is 5.11. The zero-order valence-corrected chi connectivity index (χ0v) is 23.0. The molecule has 0 aliphatic heterocycles. The number of rotatable bonds is 11. The van der Waals surface area contributed by atoms with Crippen LogP contribution in [0.15, 0.2) is 30.3 Å². The van der Waals surface area contributed by atoms with Crippen molar-refractivity contribution in [3.05, 3.63) is 35.9 Å². The Morgan fingerprint density at radius 3 is 0.700 bits per heavy atom. The lowest BCUT2D eigenvalue weighted by Crippen LogP contribution is -1.66. The fourth-order valence-electron chi connectivity index (χ4n) is 2.39. The predicted octanol–water partition coefficient (Wildman–Crippen LogP) is 12.0. The molecular weight excluding hydrogens is 360 g/mol. The Bertz CT molecular complexity index is 281. The molecule has 0 saturated heterocycles. The number of benzene rings is 1. The average Bonchev–Trinajstić information content (AvgIpc) is 2.77. The van der Waals surface area contributed by atoms with Crippen LogP contribution in [0, 0.1) is 6.92 Å². The summed E-state index contributed by atoms with van der Waals surface area (Å²) in [6, 6.07) is 10.3. The van der Waals surface area contributed by atoms with E-state index in [4.69, 9.17) is 0 Å². The second-order valence-corrected chi connectivity index (χ2v) is 8.13. The van der Waals surface area contributed by atoms with Crippen LogP contribution in [0.25, 0.3) is 0 Å². The first-order valence-electron chi connectivity index (χ1n) is 13.6. The molecule has 1 rings (SSSR count). The van der Waals surface area contributed by atoms with Gasteiger partial charge in [-0.25, -0.2) is 0 Å². The first-order valence-corrected chi connectivity index (χ1v) is 13.6. The summed E-state index contributed by atoms with van der Waals surface area (Å²) in [5.74, 6) is 0. The zero-order chi connectivity index (χ0) is 23.7. The van der Waals surface area contributed by atoms with E-state index in [0.29, 0.717) is 0 Å². The summed E-state index contributed by atoms with van der Waals surface area (Å²) in [6.07, 6.45) is 20.7. The topological polar surface area (TPSA) is 0 Å². The molecule has 0 heterocycles. The zero-order valence-electron chi connectivity index (χ0n) is 23.0. The van der Waals surface area contributed by atoms with Gasteiger partial charge in [0.15, 0.2) is 0 Å². The predicted molar refractivity (Wildman–Crippen MR) is 146 cm³/mol. The second kappa shape index (κ2) is 42.3. The molecule has 0 fully saturated rings. The van der Waals surface area contributed by atoms with Crippen LogP contribution in [0.4, 0.5) is 0 Å². The van der Waals surface area contributed by atoms with Crippen LogP contribution in [0.5, 0.6) is 0 Å². The van der Waals surface area contributed by atoms with E-state index in [-0.39, 0.29) is 0 Å². The second-order valence-electron chi connectivity index (χ2n) is 8.13. The van der Waals surface area contributed by atoms with Crippen LogP contribution < -0.4 is 0 Å². The maximum Gasteiger partial charge on any atom is -0.0398 e. The van der Waals surface area contributed by atoms with Crippen molar-refractivity contribution in [2.45, 2.75) is 159 Å². The van der Waals surface area contributed by atoms with Gasteiger partial charge in [-0.3, -0.25) is 0 Å². The summed E-state index contributed by atoms with van der Waals surface area (Å²) >= 11 is 0. The van der Waals surface area contributed by atoms with E-state index in [2.05, 4.69) is 74.4 Å². The maximum atomic E-state index is 2.23. The van der Waals surface area contributed by atoms with Crippen LogP contribution in [0.1, 0.15) is 157 Å². The number of hydrogen-bond donors (Lipinski definition) is 0. The molecule has 0 spiro atoms. The highest BCUT2D eigenvalue weighted by Crippen LogP contribution is 1.96. The quantitative estimate of drug-likeness (QED) is 0.311. The third-order valence-electron chi connectivity index (χ3n) is 4.52. The molecule has 0 nitrogen and oxygen atoms in total. The molecule has 182 valence electrons. The van der Waals surface area contributed by atoms with Crippen molar-refractivity contribution in [1.82, 2.24) is 0 Å². The number of aryl methyl sites for hydroxylation is 1. The fraction of sp³-hybridized carbons (Fsp3) is 0.800. The molecule has 1 aromatic rings. The maximum absolute atomic E-state index is 2.23. The minimum absolute atomic E-state index is 1.32. The minimum atomic E-state index is 1.32. The van der Waals surface area contributed by atoms with Crippen molar-refractivity contribution < 1.29 is 0 Å². The van der Waals surface area contributed by atoms with E-state index in [9.17, 15) is 0 Å². The molecule has 0 aliphatic rings. The van der Waals surface area contributed by atoms with Gasteiger partial charge in [-0.05, 0) is 6.92 Å². The Labute approximate surface area is 194 Å². The molecule has 1 aromatic carbocycles. The van der Waals surface area contributed by atoms with E-state index in [1.54, 1.807) is 0 Å². The third kappa shape index (κ3) is 56.4. The Kier molecular flexibility index (Phi) is 51.6. The van der Waals surface area contributed by atoms with Crippen LogP contribution >= 0.6 is 0 Å². The van der Waals surface area contributed by atoms with Crippen molar-refractivity contribution in [2.75, 3.05) is 0 Å². The summed E-state index contributed by atoms with van der Waals surface area (Å²) in [4.78, 5) is 0. The molecule has 0 bridgehead atoms. The van der Waals surface area contributed by atoms with Gasteiger partial charge in [0, 0.05) is 0 Å². The number of hydrogen-bond acceptors (Lipinski definition) is 0. The van der Waals surface area contributed by atoms with Gasteiger partial charge in [-0.15, -0.1) is 0 Å². The summed E-state index contributed by atoms with van der Waals surface area (Å²) in [6.45, 7) is 19.9. The van der Waals surface area contributed by atoms with Gasteiger partial charge < -0.3 is 0 Å². The average molecular weight is 423 g/mol. The Morgan fingerprint density at radius 1 is 0.367 bits per heavy atom. The van der Waals surface area contributed by atoms with Gasteiger partial charge in [0.05, 0.1) is 0 Å². The third-order valence-corrected chi connectivity index (χ3v) is 4.52. The lowest BCUT2D eigenvalue weighted by molar-refractivity contribution is 0.702. The van der Waals surface area contributed by atoms with Gasteiger partial charge in [0.25, 0.3) is 0 Å². The van der Waals surface area contributed by atoms with Gasteiger partial charge in [-0.2, -0.15) is 0 Å². The largest absolute Gasteiger partial charge is 0.0654 e. The minimum Gasteiger partial charge on any atom is -0.0654 e. The SMILES string of the molecule is CCCCC.CCCCCC.CCCCCC.CCCCCC.Cc1ccccc1. The van der Waals surface area contributed by atoms with Crippen LogP contribution in [0.3, 0.4) is 0 Å². The molecule has 0 amide bonds. The summed E-state index contributed by atoms with van der Waals surface area (Å²) < 4.78 is 0. The molecular formula is C30H62. The van der Waals surface area contributed by atoms with Crippen molar-refractivity contribution in [1.29, 1.82) is 0 Å². The Balaban J connectivity index is -0.000000142. The summed E-state index contributed by atoms with van der Waals surface area (Å²) in [7, 11) is 0.